The van der Waals surface area contributed by atoms with Crippen molar-refractivity contribution in [3.8, 4) is 0 Å². The topological polar surface area (TPSA) is 46.2 Å². The van der Waals surface area contributed by atoms with Crippen LogP contribution in [-0.4, -0.2) is 26.5 Å². The summed E-state index contributed by atoms with van der Waals surface area (Å²) in [6, 6.07) is 3.10. The summed E-state index contributed by atoms with van der Waals surface area (Å²) >= 11 is 0. The van der Waals surface area contributed by atoms with E-state index in [-0.39, 0.29) is 23.7 Å². The molecule has 1 aromatic carbocycles. The summed E-state index contributed by atoms with van der Waals surface area (Å²) in [6.07, 6.45) is 0. The van der Waals surface area contributed by atoms with Gasteiger partial charge in [-0.3, -0.25) is 0 Å². The molecule has 90 valence electrons. The average Bonchev–Trinajstić information content (AvgIpc) is 2.21. The van der Waals surface area contributed by atoms with E-state index in [9.17, 15) is 17.2 Å². The first-order valence-corrected chi connectivity index (χ1v) is 6.66. The number of sulfone groups is 1. The molecule has 0 amide bonds. The smallest absolute Gasteiger partial charge is 0.151 e. The molecule has 3 nitrogen and oxygen atoms in total. The van der Waals surface area contributed by atoms with E-state index in [0.717, 1.165) is 12.1 Å². The third-order valence-electron chi connectivity index (χ3n) is 2.10. The second-order valence-electron chi connectivity index (χ2n) is 3.29. The van der Waals surface area contributed by atoms with Crippen LogP contribution in [0.2, 0.25) is 0 Å². The standard InChI is InChI=1S/C10H13F2NO2S/c1-2-16(14,15)6-5-13-10-4-3-8(11)7-9(10)12/h3-4,7,13H,2,5-6H2,1H3. The molecule has 1 rings (SSSR count). The molecule has 0 fully saturated rings. The van der Waals surface area contributed by atoms with Crippen molar-refractivity contribution in [2.24, 2.45) is 0 Å². The molecule has 6 heteroatoms. The first-order valence-electron chi connectivity index (χ1n) is 4.84. The van der Waals surface area contributed by atoms with Crippen LogP contribution in [0, 0.1) is 11.6 Å². The van der Waals surface area contributed by atoms with E-state index in [1.165, 1.54) is 6.07 Å². The highest BCUT2D eigenvalue weighted by Crippen LogP contribution is 2.14. The first kappa shape index (κ1) is 12.9. The molecule has 0 aliphatic carbocycles. The molecule has 0 heterocycles. The molecule has 0 aliphatic rings. The highest BCUT2D eigenvalue weighted by atomic mass is 32.2. The molecule has 0 atom stereocenters. The number of nitrogens with one attached hydrogen (secondary N) is 1. The van der Waals surface area contributed by atoms with E-state index in [0.29, 0.717) is 0 Å². The maximum Gasteiger partial charge on any atom is 0.151 e. The third kappa shape index (κ3) is 3.77. The number of benzene rings is 1. The summed E-state index contributed by atoms with van der Waals surface area (Å²) in [4.78, 5) is 0. The van der Waals surface area contributed by atoms with Crippen molar-refractivity contribution in [1.29, 1.82) is 0 Å². The highest BCUT2D eigenvalue weighted by Gasteiger charge is 2.08. The lowest BCUT2D eigenvalue weighted by Crippen LogP contribution is -2.17. The first-order chi connectivity index (χ1) is 7.44. The Morgan fingerprint density at radius 2 is 2.00 bits per heavy atom. The SMILES string of the molecule is CCS(=O)(=O)CCNc1ccc(F)cc1F. The Morgan fingerprint density at radius 3 is 2.56 bits per heavy atom. The minimum absolute atomic E-state index is 0.0561. The Balaban J connectivity index is 2.56. The van der Waals surface area contributed by atoms with Crippen molar-refractivity contribution in [2.75, 3.05) is 23.4 Å². The summed E-state index contributed by atoms with van der Waals surface area (Å²) < 4.78 is 47.9. The fourth-order valence-electron chi connectivity index (χ4n) is 1.12. The van der Waals surface area contributed by atoms with E-state index in [1.54, 1.807) is 6.92 Å². The van der Waals surface area contributed by atoms with E-state index >= 15 is 0 Å². The van der Waals surface area contributed by atoms with Crippen LogP contribution in [0.25, 0.3) is 0 Å². The summed E-state index contributed by atoms with van der Waals surface area (Å²) in [5.74, 6) is -1.40. The van der Waals surface area contributed by atoms with Crippen molar-refractivity contribution in [2.45, 2.75) is 6.92 Å². The molecule has 0 spiro atoms. The van der Waals surface area contributed by atoms with Gasteiger partial charge < -0.3 is 5.32 Å². The molecule has 1 N–H and O–H groups in total. The molecule has 1 aromatic rings. The Labute approximate surface area is 93.4 Å². The number of hydrogen-bond acceptors (Lipinski definition) is 3. The van der Waals surface area contributed by atoms with Gasteiger partial charge >= 0.3 is 0 Å². The molecule has 0 radical (unpaired) electrons. The van der Waals surface area contributed by atoms with E-state index in [2.05, 4.69) is 5.32 Å². The molecule has 0 bridgehead atoms. The lowest BCUT2D eigenvalue weighted by Gasteiger charge is -2.07. The molecular weight excluding hydrogens is 236 g/mol. The van der Waals surface area contributed by atoms with Crippen LogP contribution in [0.4, 0.5) is 14.5 Å². The molecule has 16 heavy (non-hydrogen) atoms. The third-order valence-corrected chi connectivity index (χ3v) is 3.81. The van der Waals surface area contributed by atoms with Crippen molar-refractivity contribution < 1.29 is 17.2 Å². The Morgan fingerprint density at radius 1 is 1.31 bits per heavy atom. The van der Waals surface area contributed by atoms with Gasteiger partial charge in [0.15, 0.2) is 9.84 Å². The van der Waals surface area contributed by atoms with Gasteiger partial charge in [-0.2, -0.15) is 0 Å². The Kier molecular flexibility index (Phi) is 4.23. The number of anilines is 1. The van der Waals surface area contributed by atoms with E-state index in [4.69, 9.17) is 0 Å². The monoisotopic (exact) mass is 249 g/mol. The average molecular weight is 249 g/mol. The van der Waals surface area contributed by atoms with Crippen LogP contribution in [0.5, 0.6) is 0 Å². The van der Waals surface area contributed by atoms with E-state index in [1.807, 2.05) is 0 Å². The minimum Gasteiger partial charge on any atom is -0.382 e. The fraction of sp³-hybridized carbons (Fsp3) is 0.400. The normalized spacial score (nSPS) is 11.4. The number of hydrogen-bond donors (Lipinski definition) is 1. The van der Waals surface area contributed by atoms with Crippen LogP contribution in [0.1, 0.15) is 6.92 Å². The lowest BCUT2D eigenvalue weighted by molar-refractivity contribution is 0.584. The van der Waals surface area contributed by atoms with Gasteiger partial charge in [-0.05, 0) is 12.1 Å². The van der Waals surface area contributed by atoms with Gasteiger partial charge in [0.25, 0.3) is 0 Å². The van der Waals surface area contributed by atoms with Crippen molar-refractivity contribution in [3.05, 3.63) is 29.8 Å². The second-order valence-corrected chi connectivity index (χ2v) is 5.76. The summed E-state index contributed by atoms with van der Waals surface area (Å²) in [7, 11) is -3.07. The fourth-order valence-corrected chi connectivity index (χ4v) is 1.82. The van der Waals surface area contributed by atoms with Crippen LogP contribution in [0.15, 0.2) is 18.2 Å². The van der Waals surface area contributed by atoms with Gasteiger partial charge in [0.1, 0.15) is 11.6 Å². The van der Waals surface area contributed by atoms with Crippen LogP contribution in [-0.2, 0) is 9.84 Å². The van der Waals surface area contributed by atoms with Gasteiger partial charge in [0.2, 0.25) is 0 Å². The number of rotatable bonds is 5. The number of halogens is 2. The van der Waals surface area contributed by atoms with Gasteiger partial charge in [0, 0.05) is 18.4 Å². The predicted octanol–water partition coefficient (Wildman–Crippen LogP) is 1.81. The molecule has 0 aliphatic heterocycles. The predicted molar refractivity (Wildman–Crippen MR) is 59.2 cm³/mol. The van der Waals surface area contributed by atoms with E-state index < -0.39 is 21.5 Å². The molecule has 0 saturated carbocycles. The van der Waals surface area contributed by atoms with Crippen LogP contribution < -0.4 is 5.32 Å². The molecule has 0 aromatic heterocycles. The van der Waals surface area contributed by atoms with Gasteiger partial charge in [-0.15, -0.1) is 0 Å². The zero-order chi connectivity index (χ0) is 12.2. The zero-order valence-corrected chi connectivity index (χ0v) is 9.65. The van der Waals surface area contributed by atoms with Crippen LogP contribution >= 0.6 is 0 Å². The molecule has 0 unspecified atom stereocenters. The Bertz CT molecular complexity index is 460. The van der Waals surface area contributed by atoms with Gasteiger partial charge in [-0.1, -0.05) is 6.92 Å². The van der Waals surface area contributed by atoms with Crippen LogP contribution in [0.3, 0.4) is 0 Å². The molecular formula is C10H13F2NO2S. The molecule has 0 saturated heterocycles. The van der Waals surface area contributed by atoms with Crippen molar-refractivity contribution in [3.63, 3.8) is 0 Å². The summed E-state index contributed by atoms with van der Waals surface area (Å²) in [6.45, 7) is 1.66. The zero-order valence-electron chi connectivity index (χ0n) is 8.83. The largest absolute Gasteiger partial charge is 0.382 e. The van der Waals surface area contributed by atoms with Crippen molar-refractivity contribution in [1.82, 2.24) is 0 Å². The second kappa shape index (κ2) is 5.25. The Hall–Kier alpha value is -1.17. The summed E-state index contributed by atoms with van der Waals surface area (Å²) in [5.41, 5.74) is 0.104. The highest BCUT2D eigenvalue weighted by molar-refractivity contribution is 7.91. The minimum atomic E-state index is -3.07. The summed E-state index contributed by atoms with van der Waals surface area (Å²) in [5, 5.41) is 2.61. The van der Waals surface area contributed by atoms with Gasteiger partial charge in [-0.25, -0.2) is 17.2 Å². The maximum absolute atomic E-state index is 13.1. The van der Waals surface area contributed by atoms with Gasteiger partial charge in [0.05, 0.1) is 11.4 Å². The quantitative estimate of drug-likeness (QED) is 0.865. The lowest BCUT2D eigenvalue weighted by atomic mass is 10.3. The maximum atomic E-state index is 13.1. The van der Waals surface area contributed by atoms with Crippen molar-refractivity contribution >= 4 is 15.5 Å².